The minimum atomic E-state index is -0.445. The number of carbonyl (C=O) groups is 1. The lowest BCUT2D eigenvalue weighted by Gasteiger charge is -2.02. The molecule has 0 spiro atoms. The van der Waals surface area contributed by atoms with E-state index in [9.17, 15) is 4.79 Å². The van der Waals surface area contributed by atoms with E-state index in [1.54, 1.807) is 11.4 Å². The Kier molecular flexibility index (Phi) is 3.32. The summed E-state index contributed by atoms with van der Waals surface area (Å²) in [7, 11) is 0. The van der Waals surface area contributed by atoms with Crippen molar-refractivity contribution in [2.45, 2.75) is 0 Å². The van der Waals surface area contributed by atoms with Crippen LogP contribution >= 0.6 is 22.9 Å². The monoisotopic (exact) mass is 264 g/mol. The number of amides is 1. The van der Waals surface area contributed by atoms with Gasteiger partial charge < -0.3 is 5.32 Å². The number of nitrogens with zero attached hydrogens (tertiary/aromatic N) is 3. The zero-order valence-electron chi connectivity index (χ0n) is 8.35. The van der Waals surface area contributed by atoms with Crippen molar-refractivity contribution < 1.29 is 4.79 Å². The quantitative estimate of drug-likeness (QED) is 0.903. The molecule has 0 bridgehead atoms. The molecule has 1 N–H and O–H groups in total. The van der Waals surface area contributed by atoms with Gasteiger partial charge in [-0.1, -0.05) is 11.6 Å². The fourth-order valence-corrected chi connectivity index (χ4v) is 1.99. The molecular weight excluding hydrogens is 260 g/mol. The number of anilines is 1. The van der Waals surface area contributed by atoms with Gasteiger partial charge in [-0.15, -0.1) is 11.3 Å². The minimum Gasteiger partial charge on any atom is -0.311 e. The SMILES string of the molecule is N#Cc1ccsc1NC(=O)c1cncc(Cl)n1. The lowest BCUT2D eigenvalue weighted by atomic mass is 10.3. The molecule has 0 aliphatic rings. The van der Waals surface area contributed by atoms with Crippen LogP contribution < -0.4 is 5.32 Å². The van der Waals surface area contributed by atoms with Crippen LogP contribution in [-0.2, 0) is 0 Å². The number of nitriles is 1. The van der Waals surface area contributed by atoms with Gasteiger partial charge in [0.05, 0.1) is 18.0 Å². The maximum Gasteiger partial charge on any atom is 0.276 e. The molecule has 0 unspecified atom stereocenters. The zero-order chi connectivity index (χ0) is 12.3. The first-order valence-electron chi connectivity index (χ1n) is 4.47. The first-order valence-corrected chi connectivity index (χ1v) is 5.73. The normalized spacial score (nSPS) is 9.65. The van der Waals surface area contributed by atoms with Crippen LogP contribution in [0.25, 0.3) is 0 Å². The van der Waals surface area contributed by atoms with Gasteiger partial charge in [0, 0.05) is 0 Å². The molecule has 0 saturated carbocycles. The third-order valence-electron chi connectivity index (χ3n) is 1.85. The van der Waals surface area contributed by atoms with E-state index < -0.39 is 5.91 Å². The number of halogens is 1. The molecule has 2 rings (SSSR count). The second kappa shape index (κ2) is 4.91. The summed E-state index contributed by atoms with van der Waals surface area (Å²) >= 11 is 6.89. The molecule has 2 heterocycles. The van der Waals surface area contributed by atoms with Gasteiger partial charge in [0.1, 0.15) is 21.9 Å². The molecule has 0 aromatic carbocycles. The van der Waals surface area contributed by atoms with Crippen molar-refractivity contribution in [3.63, 3.8) is 0 Å². The molecule has 5 nitrogen and oxygen atoms in total. The summed E-state index contributed by atoms with van der Waals surface area (Å²) in [6, 6.07) is 3.61. The maximum absolute atomic E-state index is 11.8. The molecule has 0 saturated heterocycles. The molecule has 0 aliphatic heterocycles. The van der Waals surface area contributed by atoms with Gasteiger partial charge in [-0.3, -0.25) is 9.78 Å². The summed E-state index contributed by atoms with van der Waals surface area (Å²) < 4.78 is 0. The highest BCUT2D eigenvalue weighted by Gasteiger charge is 2.12. The lowest BCUT2D eigenvalue weighted by Crippen LogP contribution is -2.13. The van der Waals surface area contributed by atoms with Gasteiger partial charge in [-0.25, -0.2) is 4.98 Å². The topological polar surface area (TPSA) is 78.7 Å². The van der Waals surface area contributed by atoms with Crippen LogP contribution in [0.4, 0.5) is 5.00 Å². The predicted molar refractivity (Wildman–Crippen MR) is 64.0 cm³/mol. The number of carbonyl (C=O) groups excluding carboxylic acids is 1. The van der Waals surface area contributed by atoms with Crippen molar-refractivity contribution in [3.8, 4) is 6.07 Å². The van der Waals surface area contributed by atoms with Gasteiger partial charge in [-0.2, -0.15) is 5.26 Å². The Morgan fingerprint density at radius 2 is 2.35 bits per heavy atom. The fourth-order valence-electron chi connectivity index (χ4n) is 1.11. The standard InChI is InChI=1S/C10H5ClN4OS/c11-8-5-13-4-7(14-8)9(16)15-10-6(3-12)1-2-17-10/h1-2,4-5H,(H,15,16). The highest BCUT2D eigenvalue weighted by molar-refractivity contribution is 7.14. The Morgan fingerprint density at radius 1 is 1.53 bits per heavy atom. The van der Waals surface area contributed by atoms with Crippen molar-refractivity contribution in [2.75, 3.05) is 5.32 Å². The molecule has 2 aromatic heterocycles. The lowest BCUT2D eigenvalue weighted by molar-refractivity contribution is 0.102. The molecular formula is C10H5ClN4OS. The van der Waals surface area contributed by atoms with Gasteiger partial charge >= 0.3 is 0 Å². The van der Waals surface area contributed by atoms with E-state index in [1.807, 2.05) is 6.07 Å². The van der Waals surface area contributed by atoms with Crippen LogP contribution in [0.5, 0.6) is 0 Å². The van der Waals surface area contributed by atoms with E-state index in [0.29, 0.717) is 10.6 Å². The van der Waals surface area contributed by atoms with Crippen LogP contribution in [0.15, 0.2) is 23.8 Å². The number of aromatic nitrogens is 2. The number of hydrogen-bond donors (Lipinski definition) is 1. The van der Waals surface area contributed by atoms with Crippen LogP contribution in [-0.4, -0.2) is 15.9 Å². The van der Waals surface area contributed by atoms with E-state index in [1.165, 1.54) is 23.7 Å². The molecule has 0 aliphatic carbocycles. The number of hydrogen-bond acceptors (Lipinski definition) is 5. The Balaban J connectivity index is 2.21. The summed E-state index contributed by atoms with van der Waals surface area (Å²) in [5, 5.41) is 13.7. The van der Waals surface area contributed by atoms with Crippen LogP contribution in [0.1, 0.15) is 16.1 Å². The summed E-state index contributed by atoms with van der Waals surface area (Å²) in [5.74, 6) is -0.445. The van der Waals surface area contributed by atoms with Crippen molar-refractivity contribution in [2.24, 2.45) is 0 Å². The summed E-state index contributed by atoms with van der Waals surface area (Å²) in [6.07, 6.45) is 2.64. The van der Waals surface area contributed by atoms with Crippen molar-refractivity contribution in [1.29, 1.82) is 5.26 Å². The Bertz CT molecular complexity index is 604. The maximum atomic E-state index is 11.8. The second-order valence-corrected chi connectivity index (χ2v) is 4.26. The second-order valence-electron chi connectivity index (χ2n) is 2.96. The van der Waals surface area contributed by atoms with Gasteiger partial charge in [0.15, 0.2) is 0 Å². The Morgan fingerprint density at radius 3 is 3.06 bits per heavy atom. The molecule has 7 heteroatoms. The van der Waals surface area contributed by atoms with Crippen molar-refractivity contribution >= 4 is 33.8 Å². The average Bonchev–Trinajstić information content (AvgIpc) is 2.76. The van der Waals surface area contributed by atoms with Gasteiger partial charge in [0.2, 0.25) is 0 Å². The Labute approximate surface area is 106 Å². The van der Waals surface area contributed by atoms with Crippen LogP contribution in [0.2, 0.25) is 5.15 Å². The van der Waals surface area contributed by atoms with Crippen molar-refractivity contribution in [1.82, 2.24) is 9.97 Å². The minimum absolute atomic E-state index is 0.106. The van der Waals surface area contributed by atoms with E-state index in [0.717, 1.165) is 0 Å². The smallest absolute Gasteiger partial charge is 0.276 e. The Hall–Kier alpha value is -1.97. The van der Waals surface area contributed by atoms with Crippen LogP contribution in [0.3, 0.4) is 0 Å². The third-order valence-corrected chi connectivity index (χ3v) is 2.86. The van der Waals surface area contributed by atoms with Gasteiger partial charge in [-0.05, 0) is 11.4 Å². The third kappa shape index (κ3) is 2.58. The largest absolute Gasteiger partial charge is 0.311 e. The molecule has 0 fully saturated rings. The average molecular weight is 265 g/mol. The number of thiophene rings is 1. The first-order chi connectivity index (χ1) is 8.20. The molecule has 1 amide bonds. The summed E-state index contributed by atoms with van der Waals surface area (Å²) in [5.41, 5.74) is 0.521. The summed E-state index contributed by atoms with van der Waals surface area (Å²) in [6.45, 7) is 0. The number of rotatable bonds is 2. The fraction of sp³-hybridized carbons (Fsp3) is 0. The first kappa shape index (κ1) is 11.5. The molecule has 2 aromatic rings. The van der Waals surface area contributed by atoms with Gasteiger partial charge in [0.25, 0.3) is 5.91 Å². The van der Waals surface area contributed by atoms with Crippen molar-refractivity contribution in [3.05, 3.63) is 40.3 Å². The number of nitrogens with one attached hydrogen (secondary N) is 1. The molecule has 0 atom stereocenters. The summed E-state index contributed by atoms with van der Waals surface area (Å²) in [4.78, 5) is 19.3. The highest BCUT2D eigenvalue weighted by atomic mass is 35.5. The van der Waals surface area contributed by atoms with E-state index in [-0.39, 0.29) is 10.8 Å². The highest BCUT2D eigenvalue weighted by Crippen LogP contribution is 2.22. The van der Waals surface area contributed by atoms with E-state index >= 15 is 0 Å². The molecule has 0 radical (unpaired) electrons. The van der Waals surface area contributed by atoms with E-state index in [2.05, 4.69) is 15.3 Å². The predicted octanol–water partition coefficient (Wildman–Crippen LogP) is 2.32. The van der Waals surface area contributed by atoms with Crippen LogP contribution in [0, 0.1) is 11.3 Å². The van der Waals surface area contributed by atoms with E-state index in [4.69, 9.17) is 16.9 Å². The molecule has 84 valence electrons. The zero-order valence-corrected chi connectivity index (χ0v) is 9.92. The molecule has 17 heavy (non-hydrogen) atoms.